The number of anilines is 1. The summed E-state index contributed by atoms with van der Waals surface area (Å²) < 4.78 is 7.28. The fourth-order valence-corrected chi connectivity index (χ4v) is 3.58. The number of ether oxygens (including phenoxy) is 1. The zero-order valence-electron chi connectivity index (χ0n) is 15.2. The number of carbonyl (C=O) groups is 2. The molecule has 144 valence electrons. The largest absolute Gasteiger partial charge is 0.481 e. The van der Waals surface area contributed by atoms with Gasteiger partial charge in [-0.3, -0.25) is 9.59 Å². The molecule has 1 aliphatic rings. The molecule has 1 aliphatic heterocycles. The molecule has 1 saturated heterocycles. The van der Waals surface area contributed by atoms with E-state index in [2.05, 4.69) is 10.3 Å². The number of aliphatic carboxylic acids is 1. The molecule has 1 aromatic heterocycles. The summed E-state index contributed by atoms with van der Waals surface area (Å²) in [6, 6.07) is 14.5. The fourth-order valence-electron chi connectivity index (χ4n) is 3.58. The Labute approximate surface area is 162 Å². The van der Waals surface area contributed by atoms with E-state index < -0.39 is 18.1 Å². The Hall–Kier alpha value is -3.19. The lowest BCUT2D eigenvalue weighted by atomic mass is 10.0. The second kappa shape index (κ2) is 7.82. The Morgan fingerprint density at radius 1 is 1.25 bits per heavy atom. The average molecular weight is 379 g/mol. The van der Waals surface area contributed by atoms with Crippen LogP contribution in [0.3, 0.4) is 0 Å². The van der Waals surface area contributed by atoms with Crippen molar-refractivity contribution in [3.63, 3.8) is 0 Å². The van der Waals surface area contributed by atoms with Crippen LogP contribution in [0.4, 0.5) is 5.69 Å². The zero-order valence-corrected chi connectivity index (χ0v) is 15.2. The van der Waals surface area contributed by atoms with Crippen molar-refractivity contribution in [2.75, 3.05) is 11.9 Å². The minimum absolute atomic E-state index is 0.0675. The van der Waals surface area contributed by atoms with Crippen LogP contribution in [-0.2, 0) is 14.3 Å². The van der Waals surface area contributed by atoms with Crippen LogP contribution in [0.5, 0.6) is 0 Å². The van der Waals surface area contributed by atoms with Gasteiger partial charge in [-0.2, -0.15) is 0 Å². The summed E-state index contributed by atoms with van der Waals surface area (Å²) in [5.74, 6) is -1.05. The van der Waals surface area contributed by atoms with Crippen molar-refractivity contribution in [1.82, 2.24) is 9.55 Å². The molecule has 2 aromatic carbocycles. The van der Waals surface area contributed by atoms with Gasteiger partial charge < -0.3 is 19.7 Å². The van der Waals surface area contributed by atoms with Crippen LogP contribution < -0.4 is 5.32 Å². The van der Waals surface area contributed by atoms with Gasteiger partial charge in [-0.1, -0.05) is 30.3 Å². The molecule has 0 saturated carbocycles. The van der Waals surface area contributed by atoms with Crippen molar-refractivity contribution in [2.24, 2.45) is 0 Å². The third-order valence-electron chi connectivity index (χ3n) is 4.95. The van der Waals surface area contributed by atoms with Gasteiger partial charge in [0.05, 0.1) is 29.8 Å². The number of hydrogen-bond acceptors (Lipinski definition) is 4. The van der Waals surface area contributed by atoms with Gasteiger partial charge in [0.25, 0.3) is 5.91 Å². The molecule has 2 heterocycles. The monoisotopic (exact) mass is 379 g/mol. The Morgan fingerprint density at radius 3 is 2.79 bits per heavy atom. The van der Waals surface area contributed by atoms with Crippen LogP contribution in [0, 0.1) is 0 Å². The number of nitrogens with one attached hydrogen (secondary N) is 1. The first kappa shape index (κ1) is 18.2. The molecule has 0 aliphatic carbocycles. The molecule has 3 aromatic rings. The van der Waals surface area contributed by atoms with Crippen molar-refractivity contribution < 1.29 is 19.4 Å². The highest BCUT2D eigenvalue weighted by atomic mass is 16.5. The molecule has 28 heavy (non-hydrogen) atoms. The number of aromatic nitrogens is 2. The molecule has 4 rings (SSSR count). The maximum Gasteiger partial charge on any atom is 0.305 e. The number of hydrogen-bond donors (Lipinski definition) is 2. The first-order valence-electron chi connectivity index (χ1n) is 9.27. The highest BCUT2D eigenvalue weighted by Crippen LogP contribution is 2.28. The Kier molecular flexibility index (Phi) is 5.08. The molecule has 2 unspecified atom stereocenters. The van der Waals surface area contributed by atoms with E-state index in [9.17, 15) is 14.7 Å². The molecule has 2 N–H and O–H groups in total. The minimum Gasteiger partial charge on any atom is -0.481 e. The van der Waals surface area contributed by atoms with Gasteiger partial charge in [0.1, 0.15) is 6.10 Å². The molecule has 7 nitrogen and oxygen atoms in total. The number of benzene rings is 2. The van der Waals surface area contributed by atoms with E-state index in [1.54, 1.807) is 12.4 Å². The van der Waals surface area contributed by atoms with Gasteiger partial charge in [-0.15, -0.1) is 0 Å². The molecule has 1 amide bonds. The number of fused-ring (bicyclic) bond motifs is 1. The molecule has 0 spiro atoms. The number of carboxylic acid groups (broad SMARTS) is 1. The Bertz CT molecular complexity index is 993. The number of carboxylic acids is 1. The van der Waals surface area contributed by atoms with E-state index >= 15 is 0 Å². The van der Waals surface area contributed by atoms with Gasteiger partial charge in [0, 0.05) is 12.3 Å². The Morgan fingerprint density at radius 2 is 2.07 bits per heavy atom. The topological polar surface area (TPSA) is 93.5 Å². The van der Waals surface area contributed by atoms with E-state index in [1.165, 1.54) is 0 Å². The molecule has 7 heteroatoms. The normalized spacial score (nSPS) is 17.5. The third-order valence-corrected chi connectivity index (χ3v) is 4.95. The van der Waals surface area contributed by atoms with Crippen LogP contribution in [0.2, 0.25) is 0 Å². The van der Waals surface area contributed by atoms with E-state index in [-0.39, 0.29) is 12.3 Å². The highest BCUT2D eigenvalue weighted by Gasteiger charge is 2.24. The lowest BCUT2D eigenvalue weighted by Crippen LogP contribution is -2.26. The maximum absolute atomic E-state index is 12.3. The van der Waals surface area contributed by atoms with Crippen LogP contribution in [-0.4, -0.2) is 39.2 Å². The quantitative estimate of drug-likeness (QED) is 0.686. The van der Waals surface area contributed by atoms with E-state index in [1.807, 2.05) is 47.0 Å². The fraction of sp³-hybridized carbons (Fsp3) is 0.286. The number of carbonyl (C=O) groups excluding carboxylic acids is 1. The van der Waals surface area contributed by atoms with Crippen LogP contribution in [0.25, 0.3) is 11.0 Å². The first-order valence-corrected chi connectivity index (χ1v) is 9.27. The lowest BCUT2D eigenvalue weighted by molar-refractivity contribution is -0.137. The van der Waals surface area contributed by atoms with Crippen LogP contribution >= 0.6 is 0 Å². The summed E-state index contributed by atoms with van der Waals surface area (Å²) in [7, 11) is 0. The van der Waals surface area contributed by atoms with Crippen LogP contribution in [0.15, 0.2) is 54.9 Å². The van der Waals surface area contributed by atoms with Gasteiger partial charge in [-0.05, 0) is 36.6 Å². The zero-order chi connectivity index (χ0) is 19.5. The number of nitrogens with zero attached hydrogens (tertiary/aromatic N) is 2. The molecular formula is C21H21N3O4. The molecule has 0 radical (unpaired) electrons. The second-order valence-corrected chi connectivity index (χ2v) is 6.87. The third kappa shape index (κ3) is 3.75. The molecule has 0 bridgehead atoms. The molecule has 2 atom stereocenters. The van der Waals surface area contributed by atoms with Gasteiger partial charge >= 0.3 is 5.97 Å². The predicted molar refractivity (Wildman–Crippen MR) is 104 cm³/mol. The summed E-state index contributed by atoms with van der Waals surface area (Å²) >= 11 is 0. The minimum atomic E-state index is -0.890. The van der Waals surface area contributed by atoms with Crippen molar-refractivity contribution >= 4 is 28.6 Å². The standard InChI is InChI=1S/C21H21N3O4/c25-20(26)12-17(14-5-2-1-3-6-14)24-13-22-16-9-8-15(11-18(16)24)23-21(27)19-7-4-10-28-19/h1-3,5-6,8-9,11,13,17,19H,4,7,10,12H2,(H,23,27)(H,25,26). The van der Waals surface area contributed by atoms with Crippen molar-refractivity contribution in [1.29, 1.82) is 0 Å². The SMILES string of the molecule is O=C(O)CC(c1ccccc1)n1cnc2ccc(NC(=O)C3CCCO3)cc21. The van der Waals surface area contributed by atoms with E-state index in [0.29, 0.717) is 12.3 Å². The lowest BCUT2D eigenvalue weighted by Gasteiger charge is -2.18. The number of rotatable bonds is 6. The highest BCUT2D eigenvalue weighted by molar-refractivity contribution is 5.96. The van der Waals surface area contributed by atoms with E-state index in [4.69, 9.17) is 4.74 Å². The predicted octanol–water partition coefficient (Wildman–Crippen LogP) is 3.22. The summed E-state index contributed by atoms with van der Waals surface area (Å²) in [5, 5.41) is 12.3. The van der Waals surface area contributed by atoms with Gasteiger partial charge in [0.2, 0.25) is 0 Å². The number of amides is 1. The number of imidazole rings is 1. The summed E-state index contributed by atoms with van der Waals surface area (Å²) in [6.07, 6.45) is 2.78. The van der Waals surface area contributed by atoms with Crippen molar-refractivity contribution in [3.05, 3.63) is 60.4 Å². The maximum atomic E-state index is 12.3. The summed E-state index contributed by atoms with van der Waals surface area (Å²) in [6.45, 7) is 0.609. The summed E-state index contributed by atoms with van der Waals surface area (Å²) in [5.41, 5.74) is 3.02. The summed E-state index contributed by atoms with van der Waals surface area (Å²) in [4.78, 5) is 28.2. The first-order chi connectivity index (χ1) is 13.6. The smallest absolute Gasteiger partial charge is 0.305 e. The molecular weight excluding hydrogens is 358 g/mol. The average Bonchev–Trinajstić information content (AvgIpc) is 3.37. The Balaban J connectivity index is 1.68. The van der Waals surface area contributed by atoms with E-state index in [0.717, 1.165) is 29.4 Å². The van der Waals surface area contributed by atoms with Crippen molar-refractivity contribution in [3.8, 4) is 0 Å². The van der Waals surface area contributed by atoms with Crippen molar-refractivity contribution in [2.45, 2.75) is 31.4 Å². The second-order valence-electron chi connectivity index (χ2n) is 6.87. The van der Waals surface area contributed by atoms with Crippen LogP contribution in [0.1, 0.15) is 30.9 Å². The van der Waals surface area contributed by atoms with Gasteiger partial charge in [0.15, 0.2) is 0 Å². The molecule has 1 fully saturated rings. The van der Waals surface area contributed by atoms with Gasteiger partial charge in [-0.25, -0.2) is 4.98 Å².